The summed E-state index contributed by atoms with van der Waals surface area (Å²) in [7, 11) is 4.62. The molecule has 1 atom stereocenters. The highest BCUT2D eigenvalue weighted by molar-refractivity contribution is 5.80. The summed E-state index contributed by atoms with van der Waals surface area (Å²) in [5.74, 6) is 1.04. The Hall–Kier alpha value is -3.29. The van der Waals surface area contributed by atoms with Gasteiger partial charge in [-0.25, -0.2) is 4.39 Å². The molecule has 0 saturated carbocycles. The molecule has 3 rings (SSSR count). The molecule has 1 fully saturated rings. The molecule has 2 N–H and O–H groups in total. The Morgan fingerprint density at radius 1 is 1.09 bits per heavy atom. The standard InChI is InChI=1S/C25H31FN2O5/c1-31-19-6-5-18(21(15-19)32-2)10-13-27-23(29)8-11-25(12-9-24(30)28-25)16-17-4-7-20(26)22(14-17)33-3/h4-7,14-15H,8-13,16H2,1-3H3,(H,27,29)(H,28,30)/t25-/m0/s1. The zero-order valence-corrected chi connectivity index (χ0v) is 19.3. The molecule has 1 aliphatic rings. The maximum Gasteiger partial charge on any atom is 0.220 e. The average Bonchev–Trinajstić information content (AvgIpc) is 3.19. The molecule has 178 valence electrons. The van der Waals surface area contributed by atoms with Crippen LogP contribution in [0.4, 0.5) is 4.39 Å². The molecule has 1 aliphatic heterocycles. The summed E-state index contributed by atoms with van der Waals surface area (Å²) in [6.45, 7) is 0.468. The number of halogens is 1. The van der Waals surface area contributed by atoms with Gasteiger partial charge in [-0.3, -0.25) is 9.59 Å². The van der Waals surface area contributed by atoms with Gasteiger partial charge >= 0.3 is 0 Å². The minimum absolute atomic E-state index is 0.0314. The Kier molecular flexibility index (Phi) is 8.14. The number of ether oxygens (including phenoxy) is 3. The Balaban J connectivity index is 1.56. The predicted octanol–water partition coefficient (Wildman–Crippen LogP) is 3.18. The fourth-order valence-corrected chi connectivity index (χ4v) is 4.22. The number of carbonyl (C=O) groups excluding carboxylic acids is 2. The first kappa shape index (κ1) is 24.4. The molecule has 0 aromatic heterocycles. The van der Waals surface area contributed by atoms with E-state index < -0.39 is 11.4 Å². The number of hydrogen-bond acceptors (Lipinski definition) is 5. The van der Waals surface area contributed by atoms with Crippen molar-refractivity contribution in [3.8, 4) is 17.2 Å². The van der Waals surface area contributed by atoms with E-state index >= 15 is 0 Å². The molecular weight excluding hydrogens is 427 g/mol. The minimum Gasteiger partial charge on any atom is -0.497 e. The number of amides is 2. The zero-order valence-electron chi connectivity index (χ0n) is 19.3. The van der Waals surface area contributed by atoms with E-state index in [9.17, 15) is 14.0 Å². The van der Waals surface area contributed by atoms with E-state index in [2.05, 4.69) is 10.6 Å². The lowest BCUT2D eigenvalue weighted by Crippen LogP contribution is -2.44. The highest BCUT2D eigenvalue weighted by Gasteiger charge is 2.38. The van der Waals surface area contributed by atoms with E-state index in [-0.39, 0.29) is 24.0 Å². The third-order valence-electron chi connectivity index (χ3n) is 6.03. The van der Waals surface area contributed by atoms with Crippen LogP contribution in [0.5, 0.6) is 17.2 Å². The van der Waals surface area contributed by atoms with Crippen molar-refractivity contribution in [3.05, 3.63) is 53.3 Å². The van der Waals surface area contributed by atoms with Crippen LogP contribution in [0.3, 0.4) is 0 Å². The van der Waals surface area contributed by atoms with Gasteiger partial charge in [-0.05, 0) is 55.0 Å². The fraction of sp³-hybridized carbons (Fsp3) is 0.440. The van der Waals surface area contributed by atoms with E-state index in [1.54, 1.807) is 26.4 Å². The molecule has 8 heteroatoms. The summed E-state index contributed by atoms with van der Waals surface area (Å²) >= 11 is 0. The summed E-state index contributed by atoms with van der Waals surface area (Å²) in [5.41, 5.74) is 1.29. The van der Waals surface area contributed by atoms with Gasteiger partial charge in [0.1, 0.15) is 11.5 Å². The van der Waals surface area contributed by atoms with Gasteiger partial charge in [0.05, 0.1) is 21.3 Å². The number of nitrogens with one attached hydrogen (secondary N) is 2. The zero-order chi connectivity index (χ0) is 23.8. The van der Waals surface area contributed by atoms with Gasteiger partial charge in [0.2, 0.25) is 11.8 Å². The SMILES string of the molecule is COc1ccc(CCNC(=O)CC[C@@]2(Cc3ccc(F)c(OC)c3)CCC(=O)N2)c(OC)c1. The van der Waals surface area contributed by atoms with Crippen LogP contribution in [0.15, 0.2) is 36.4 Å². The molecular formula is C25H31FN2O5. The second kappa shape index (κ2) is 11.0. The van der Waals surface area contributed by atoms with Crippen LogP contribution in [-0.2, 0) is 22.4 Å². The molecule has 0 bridgehead atoms. The Morgan fingerprint density at radius 2 is 1.88 bits per heavy atom. The van der Waals surface area contributed by atoms with Crippen molar-refractivity contribution in [2.75, 3.05) is 27.9 Å². The van der Waals surface area contributed by atoms with Gasteiger partial charge in [-0.15, -0.1) is 0 Å². The fourth-order valence-electron chi connectivity index (χ4n) is 4.22. The number of benzene rings is 2. The van der Waals surface area contributed by atoms with Gasteiger partial charge in [0, 0.05) is 31.0 Å². The first-order valence-electron chi connectivity index (χ1n) is 11.0. The summed E-state index contributed by atoms with van der Waals surface area (Å²) in [6, 6.07) is 10.3. The lowest BCUT2D eigenvalue weighted by atomic mass is 9.85. The van der Waals surface area contributed by atoms with Gasteiger partial charge in [0.15, 0.2) is 11.6 Å². The van der Waals surface area contributed by atoms with Crippen LogP contribution in [0.25, 0.3) is 0 Å². The van der Waals surface area contributed by atoms with Gasteiger partial charge < -0.3 is 24.8 Å². The maximum absolute atomic E-state index is 13.8. The lowest BCUT2D eigenvalue weighted by molar-refractivity contribution is -0.122. The molecule has 0 radical (unpaired) electrons. The predicted molar refractivity (Wildman–Crippen MR) is 122 cm³/mol. The largest absolute Gasteiger partial charge is 0.497 e. The second-order valence-corrected chi connectivity index (χ2v) is 8.25. The third-order valence-corrected chi connectivity index (χ3v) is 6.03. The van der Waals surface area contributed by atoms with E-state index in [0.29, 0.717) is 50.1 Å². The molecule has 1 saturated heterocycles. The van der Waals surface area contributed by atoms with Crippen LogP contribution >= 0.6 is 0 Å². The lowest BCUT2D eigenvalue weighted by Gasteiger charge is -2.29. The van der Waals surface area contributed by atoms with Gasteiger partial charge in [0.25, 0.3) is 0 Å². The monoisotopic (exact) mass is 458 g/mol. The molecule has 0 unspecified atom stereocenters. The van der Waals surface area contributed by atoms with Crippen LogP contribution < -0.4 is 24.8 Å². The van der Waals surface area contributed by atoms with Crippen molar-refractivity contribution in [1.82, 2.24) is 10.6 Å². The first-order chi connectivity index (χ1) is 15.9. The quantitative estimate of drug-likeness (QED) is 0.540. The highest BCUT2D eigenvalue weighted by atomic mass is 19.1. The highest BCUT2D eigenvalue weighted by Crippen LogP contribution is 2.31. The van der Waals surface area contributed by atoms with Crippen molar-refractivity contribution in [3.63, 3.8) is 0 Å². The molecule has 33 heavy (non-hydrogen) atoms. The van der Waals surface area contributed by atoms with Gasteiger partial charge in [-0.1, -0.05) is 12.1 Å². The van der Waals surface area contributed by atoms with Crippen LogP contribution in [0.1, 0.15) is 36.8 Å². The topological polar surface area (TPSA) is 85.9 Å². The minimum atomic E-state index is -0.531. The Morgan fingerprint density at radius 3 is 2.55 bits per heavy atom. The molecule has 2 amide bonds. The summed E-state index contributed by atoms with van der Waals surface area (Å²) < 4.78 is 29.4. The maximum atomic E-state index is 13.8. The Bertz CT molecular complexity index is 997. The van der Waals surface area contributed by atoms with E-state index in [1.165, 1.54) is 13.2 Å². The molecule has 2 aromatic carbocycles. The van der Waals surface area contributed by atoms with E-state index in [1.807, 2.05) is 18.2 Å². The summed E-state index contributed by atoms with van der Waals surface area (Å²) in [6.07, 6.45) is 2.94. The summed E-state index contributed by atoms with van der Waals surface area (Å²) in [5, 5.41) is 5.99. The van der Waals surface area contributed by atoms with Crippen molar-refractivity contribution in [1.29, 1.82) is 0 Å². The second-order valence-electron chi connectivity index (χ2n) is 8.25. The van der Waals surface area contributed by atoms with E-state index in [4.69, 9.17) is 14.2 Å². The normalized spacial score (nSPS) is 17.4. The Labute approximate surface area is 193 Å². The molecule has 2 aromatic rings. The first-order valence-corrected chi connectivity index (χ1v) is 11.0. The smallest absolute Gasteiger partial charge is 0.220 e. The number of carbonyl (C=O) groups is 2. The van der Waals surface area contributed by atoms with Crippen LogP contribution in [0, 0.1) is 5.82 Å². The molecule has 1 heterocycles. The van der Waals surface area contributed by atoms with E-state index in [0.717, 1.165) is 11.1 Å². The van der Waals surface area contributed by atoms with Crippen molar-refractivity contribution in [2.45, 2.75) is 44.1 Å². The van der Waals surface area contributed by atoms with Gasteiger partial charge in [-0.2, -0.15) is 0 Å². The third kappa shape index (κ3) is 6.37. The van der Waals surface area contributed by atoms with Crippen molar-refractivity contribution >= 4 is 11.8 Å². The summed E-state index contributed by atoms with van der Waals surface area (Å²) in [4.78, 5) is 24.5. The molecule has 0 aliphatic carbocycles. The number of hydrogen-bond donors (Lipinski definition) is 2. The number of methoxy groups -OCH3 is 3. The molecule has 7 nitrogen and oxygen atoms in total. The molecule has 0 spiro atoms. The number of rotatable bonds is 11. The van der Waals surface area contributed by atoms with Crippen molar-refractivity contribution in [2.24, 2.45) is 0 Å². The average molecular weight is 459 g/mol. The van der Waals surface area contributed by atoms with Crippen LogP contribution in [0.2, 0.25) is 0 Å². The van der Waals surface area contributed by atoms with Crippen molar-refractivity contribution < 1.29 is 28.2 Å². The van der Waals surface area contributed by atoms with Crippen LogP contribution in [-0.4, -0.2) is 45.2 Å².